The van der Waals surface area contributed by atoms with Crippen molar-refractivity contribution in [1.29, 1.82) is 0 Å². The zero-order chi connectivity index (χ0) is 12.8. The molecular formula is C13H15O4. The molecule has 0 N–H and O–H groups in total. The number of ether oxygens (including phenoxy) is 2. The fourth-order valence-electron chi connectivity index (χ4n) is 1.12. The van der Waals surface area contributed by atoms with Crippen molar-refractivity contribution in [2.24, 2.45) is 0 Å². The molecule has 1 aromatic carbocycles. The van der Waals surface area contributed by atoms with Gasteiger partial charge in [0.15, 0.2) is 0 Å². The third kappa shape index (κ3) is 4.26. The molecule has 0 saturated carbocycles. The number of rotatable bonds is 4. The van der Waals surface area contributed by atoms with Crippen molar-refractivity contribution >= 4 is 11.9 Å². The lowest BCUT2D eigenvalue weighted by Gasteiger charge is -2.08. The van der Waals surface area contributed by atoms with Gasteiger partial charge >= 0.3 is 11.9 Å². The van der Waals surface area contributed by atoms with E-state index < -0.39 is 5.97 Å². The molecule has 0 bridgehead atoms. The quantitative estimate of drug-likeness (QED) is 0.594. The standard InChI is InChI=1S/C13H15O4/c1-4-12(14)17-11-7-5-10(6-8-11)13(15)16-9(2)3/h4-9H,1-3H3. The van der Waals surface area contributed by atoms with E-state index in [1.807, 2.05) is 0 Å². The van der Waals surface area contributed by atoms with Gasteiger partial charge in [0.25, 0.3) is 0 Å². The molecule has 0 fully saturated rings. The topological polar surface area (TPSA) is 52.6 Å². The highest BCUT2D eigenvalue weighted by Gasteiger charge is 2.09. The van der Waals surface area contributed by atoms with Crippen LogP contribution in [0.1, 0.15) is 31.1 Å². The van der Waals surface area contributed by atoms with E-state index in [0.29, 0.717) is 11.3 Å². The van der Waals surface area contributed by atoms with Crippen molar-refractivity contribution < 1.29 is 19.1 Å². The molecule has 0 heterocycles. The maximum atomic E-state index is 11.5. The second-order valence-electron chi connectivity index (χ2n) is 3.69. The molecule has 0 saturated heterocycles. The summed E-state index contributed by atoms with van der Waals surface area (Å²) in [6, 6.07) is 6.22. The lowest BCUT2D eigenvalue weighted by Crippen LogP contribution is -2.11. The number of carbonyl (C=O) groups excluding carboxylic acids is 2. The second-order valence-corrected chi connectivity index (χ2v) is 3.69. The van der Waals surface area contributed by atoms with Crippen LogP contribution in [0.25, 0.3) is 0 Å². The maximum absolute atomic E-state index is 11.5. The normalized spacial score (nSPS) is 10.1. The van der Waals surface area contributed by atoms with Gasteiger partial charge in [-0.2, -0.15) is 0 Å². The molecule has 17 heavy (non-hydrogen) atoms. The summed E-state index contributed by atoms with van der Waals surface area (Å²) in [5.41, 5.74) is 0.430. The first-order chi connectivity index (χ1) is 8.02. The van der Waals surface area contributed by atoms with E-state index in [9.17, 15) is 9.59 Å². The number of benzene rings is 1. The Bertz CT molecular complexity index is 392. The number of hydrogen-bond acceptors (Lipinski definition) is 4. The van der Waals surface area contributed by atoms with Crippen LogP contribution in [-0.2, 0) is 9.53 Å². The van der Waals surface area contributed by atoms with Crippen molar-refractivity contribution in [3.8, 4) is 5.75 Å². The highest BCUT2D eigenvalue weighted by atomic mass is 16.5. The summed E-state index contributed by atoms with van der Waals surface area (Å²) in [4.78, 5) is 22.5. The second kappa shape index (κ2) is 6.03. The van der Waals surface area contributed by atoms with Crippen molar-refractivity contribution in [3.05, 3.63) is 36.2 Å². The summed E-state index contributed by atoms with van der Waals surface area (Å²) >= 11 is 0. The molecule has 1 aromatic rings. The highest BCUT2D eigenvalue weighted by molar-refractivity contribution is 5.89. The number of esters is 2. The summed E-state index contributed by atoms with van der Waals surface area (Å²) in [5, 5.41) is 0. The van der Waals surface area contributed by atoms with Crippen LogP contribution in [0.15, 0.2) is 24.3 Å². The fraction of sp³-hybridized carbons (Fsp3) is 0.308. The van der Waals surface area contributed by atoms with E-state index in [4.69, 9.17) is 9.47 Å². The molecule has 0 aliphatic heterocycles. The molecule has 1 radical (unpaired) electrons. The monoisotopic (exact) mass is 235 g/mol. The summed E-state index contributed by atoms with van der Waals surface area (Å²) in [7, 11) is 0. The lowest BCUT2D eigenvalue weighted by molar-refractivity contribution is -0.130. The van der Waals surface area contributed by atoms with Crippen LogP contribution in [0, 0.1) is 6.42 Å². The number of carbonyl (C=O) groups is 2. The Hall–Kier alpha value is -1.84. The van der Waals surface area contributed by atoms with Gasteiger partial charge in [0, 0.05) is 0 Å². The zero-order valence-corrected chi connectivity index (χ0v) is 10.1. The van der Waals surface area contributed by atoms with Crippen LogP contribution in [0.4, 0.5) is 0 Å². The largest absolute Gasteiger partial charge is 0.459 e. The van der Waals surface area contributed by atoms with Crippen LogP contribution in [-0.4, -0.2) is 18.0 Å². The molecular weight excluding hydrogens is 220 g/mol. The molecule has 91 valence electrons. The molecule has 0 atom stereocenters. The van der Waals surface area contributed by atoms with Gasteiger partial charge in [-0.05, 0) is 38.1 Å². The van der Waals surface area contributed by atoms with Gasteiger partial charge in [-0.1, -0.05) is 6.92 Å². The molecule has 4 nitrogen and oxygen atoms in total. The Kier molecular flexibility index (Phi) is 4.69. The minimum atomic E-state index is -0.428. The fourth-order valence-corrected chi connectivity index (χ4v) is 1.12. The molecule has 0 unspecified atom stereocenters. The minimum Gasteiger partial charge on any atom is -0.459 e. The van der Waals surface area contributed by atoms with Crippen LogP contribution >= 0.6 is 0 Å². The van der Waals surface area contributed by atoms with Gasteiger partial charge in [-0.15, -0.1) is 0 Å². The smallest absolute Gasteiger partial charge is 0.338 e. The molecule has 0 aliphatic carbocycles. The van der Waals surface area contributed by atoms with Crippen molar-refractivity contribution in [1.82, 2.24) is 0 Å². The van der Waals surface area contributed by atoms with Gasteiger partial charge in [0.1, 0.15) is 5.75 Å². The van der Waals surface area contributed by atoms with E-state index in [1.54, 1.807) is 45.0 Å². The van der Waals surface area contributed by atoms with E-state index in [2.05, 4.69) is 0 Å². The Morgan fingerprint density at radius 1 is 1.18 bits per heavy atom. The van der Waals surface area contributed by atoms with Gasteiger partial charge < -0.3 is 9.47 Å². The highest BCUT2D eigenvalue weighted by Crippen LogP contribution is 2.14. The van der Waals surface area contributed by atoms with Gasteiger partial charge in [-0.3, -0.25) is 4.79 Å². The van der Waals surface area contributed by atoms with Crippen LogP contribution in [0.3, 0.4) is 0 Å². The predicted molar refractivity (Wildman–Crippen MR) is 62.6 cm³/mol. The molecule has 1 rings (SSSR count). The maximum Gasteiger partial charge on any atom is 0.338 e. The Morgan fingerprint density at radius 3 is 2.24 bits per heavy atom. The van der Waals surface area contributed by atoms with Crippen LogP contribution in [0.5, 0.6) is 5.75 Å². The number of hydrogen-bond donors (Lipinski definition) is 0. The van der Waals surface area contributed by atoms with Gasteiger partial charge in [0.2, 0.25) is 0 Å². The van der Waals surface area contributed by atoms with E-state index in [0.717, 1.165) is 0 Å². The molecule has 0 aromatic heterocycles. The molecule has 0 amide bonds. The average molecular weight is 235 g/mol. The summed E-state index contributed by atoms with van der Waals surface area (Å²) in [5.74, 6) is -0.420. The Morgan fingerprint density at radius 2 is 1.76 bits per heavy atom. The molecule has 4 heteroatoms. The van der Waals surface area contributed by atoms with Crippen molar-refractivity contribution in [2.45, 2.75) is 26.9 Å². The predicted octanol–water partition coefficient (Wildman–Crippen LogP) is 2.38. The summed E-state index contributed by atoms with van der Waals surface area (Å²) in [6.07, 6.45) is 1.16. The van der Waals surface area contributed by atoms with E-state index in [1.165, 1.54) is 6.42 Å². The Labute approximate surface area is 101 Å². The van der Waals surface area contributed by atoms with Gasteiger partial charge in [-0.25, -0.2) is 4.79 Å². The van der Waals surface area contributed by atoms with Crippen molar-refractivity contribution in [2.75, 3.05) is 0 Å². The summed E-state index contributed by atoms with van der Waals surface area (Å²) in [6.45, 7) is 5.16. The Balaban J connectivity index is 2.67. The first kappa shape index (κ1) is 13.2. The SMILES string of the molecule is C[CH]C(=O)Oc1ccc(C(=O)OC(C)C)cc1. The molecule has 0 spiro atoms. The minimum absolute atomic E-state index is 0.158. The van der Waals surface area contributed by atoms with Crippen molar-refractivity contribution in [3.63, 3.8) is 0 Å². The third-order valence-electron chi connectivity index (χ3n) is 1.89. The zero-order valence-electron chi connectivity index (χ0n) is 10.1. The summed E-state index contributed by atoms with van der Waals surface area (Å²) < 4.78 is 9.96. The molecule has 0 aliphatic rings. The first-order valence-electron chi connectivity index (χ1n) is 5.35. The van der Waals surface area contributed by atoms with E-state index in [-0.39, 0.29) is 12.1 Å². The lowest BCUT2D eigenvalue weighted by atomic mass is 10.2. The van der Waals surface area contributed by atoms with Crippen LogP contribution in [0.2, 0.25) is 0 Å². The van der Waals surface area contributed by atoms with Gasteiger partial charge in [0.05, 0.1) is 18.1 Å². The van der Waals surface area contributed by atoms with E-state index >= 15 is 0 Å². The third-order valence-corrected chi connectivity index (χ3v) is 1.89. The average Bonchev–Trinajstić information content (AvgIpc) is 2.28. The first-order valence-corrected chi connectivity index (χ1v) is 5.35. The van der Waals surface area contributed by atoms with Crippen LogP contribution < -0.4 is 4.74 Å².